The molecule has 0 unspecified atom stereocenters. The molecule has 0 aliphatic rings. The number of nitro groups is 1. The second-order valence-electron chi connectivity index (χ2n) is 5.87. The van der Waals surface area contributed by atoms with Crippen LogP contribution in [-0.4, -0.2) is 27.9 Å². The van der Waals surface area contributed by atoms with Gasteiger partial charge in [-0.2, -0.15) is 0 Å². The van der Waals surface area contributed by atoms with Crippen LogP contribution in [-0.2, 0) is 4.79 Å². The summed E-state index contributed by atoms with van der Waals surface area (Å²) in [7, 11) is 0. The van der Waals surface area contributed by atoms with Crippen molar-refractivity contribution in [1.82, 2.24) is 5.32 Å². The fourth-order valence-electron chi connectivity index (χ4n) is 1.87. The number of benzene rings is 1. The maximum absolute atomic E-state index is 12.2. The summed E-state index contributed by atoms with van der Waals surface area (Å²) in [5, 5.41) is 22.3. The molecule has 1 aromatic carbocycles. The van der Waals surface area contributed by atoms with Crippen molar-refractivity contribution in [2.24, 2.45) is 5.41 Å². The number of carbonyl (C=O) groups excluding carboxylic acids is 1. The van der Waals surface area contributed by atoms with Crippen molar-refractivity contribution in [2.75, 3.05) is 0 Å². The number of nitrogens with zero attached hydrogens (tertiary/aromatic N) is 1. The third-order valence-electron chi connectivity index (χ3n) is 3.05. The number of carboxylic acids is 1. The number of aryl methyl sites for hydroxylation is 1. The molecular weight excluding hydrogens is 276 g/mol. The van der Waals surface area contributed by atoms with Gasteiger partial charge in [-0.05, 0) is 24.0 Å². The Morgan fingerprint density at radius 1 is 1.33 bits per heavy atom. The highest BCUT2D eigenvalue weighted by Gasteiger charge is 2.33. The van der Waals surface area contributed by atoms with Crippen LogP contribution in [0.2, 0.25) is 0 Å². The molecule has 0 aliphatic carbocycles. The van der Waals surface area contributed by atoms with Gasteiger partial charge in [0.25, 0.3) is 11.6 Å². The minimum atomic E-state index is -1.13. The monoisotopic (exact) mass is 294 g/mol. The van der Waals surface area contributed by atoms with E-state index in [1.807, 2.05) is 0 Å². The molecule has 7 heteroatoms. The molecule has 0 saturated carbocycles. The molecular formula is C14H18N2O5. The molecule has 0 heterocycles. The average molecular weight is 294 g/mol. The number of nitro benzene ring substituents is 1. The number of carbonyl (C=O) groups is 2. The average Bonchev–Trinajstić information content (AvgIpc) is 2.33. The highest BCUT2D eigenvalue weighted by atomic mass is 16.6. The first-order valence-corrected chi connectivity index (χ1v) is 6.32. The number of nitrogens with one attached hydrogen (secondary N) is 1. The third kappa shape index (κ3) is 4.01. The van der Waals surface area contributed by atoms with E-state index in [0.29, 0.717) is 5.56 Å². The fourth-order valence-corrected chi connectivity index (χ4v) is 1.87. The van der Waals surface area contributed by atoms with E-state index in [4.69, 9.17) is 0 Å². The number of hydrogen-bond donors (Lipinski definition) is 2. The standard InChI is InChI=1S/C14H18N2O5/c1-8-7-9(16(20)21)5-6-10(8)12(17)15-11(13(18)19)14(2,3)4/h5-7,11H,1-4H3,(H,15,17)(H,18,19)/t11-/m0/s1. The number of rotatable bonds is 4. The van der Waals surface area contributed by atoms with Gasteiger partial charge in [-0.1, -0.05) is 20.8 Å². The zero-order chi connectivity index (χ0) is 16.4. The molecule has 7 nitrogen and oxygen atoms in total. The van der Waals surface area contributed by atoms with Gasteiger partial charge < -0.3 is 10.4 Å². The zero-order valence-electron chi connectivity index (χ0n) is 12.3. The van der Waals surface area contributed by atoms with Crippen molar-refractivity contribution in [3.63, 3.8) is 0 Å². The molecule has 1 aromatic rings. The van der Waals surface area contributed by atoms with Crippen molar-refractivity contribution in [1.29, 1.82) is 0 Å². The van der Waals surface area contributed by atoms with Crippen LogP contribution in [0.25, 0.3) is 0 Å². The van der Waals surface area contributed by atoms with E-state index in [-0.39, 0.29) is 11.3 Å². The third-order valence-corrected chi connectivity index (χ3v) is 3.05. The normalized spacial score (nSPS) is 12.6. The summed E-state index contributed by atoms with van der Waals surface area (Å²) in [6, 6.07) is 2.76. The Morgan fingerprint density at radius 3 is 2.29 bits per heavy atom. The number of non-ortho nitro benzene ring substituents is 1. The van der Waals surface area contributed by atoms with Gasteiger partial charge in [-0.3, -0.25) is 14.9 Å². The van der Waals surface area contributed by atoms with E-state index in [1.165, 1.54) is 18.2 Å². The summed E-state index contributed by atoms with van der Waals surface area (Å²) >= 11 is 0. The summed E-state index contributed by atoms with van der Waals surface area (Å²) in [6.45, 7) is 6.67. The summed E-state index contributed by atoms with van der Waals surface area (Å²) < 4.78 is 0. The molecule has 0 aromatic heterocycles. The molecule has 0 fully saturated rings. The minimum absolute atomic E-state index is 0.116. The number of amides is 1. The van der Waals surface area contributed by atoms with E-state index in [9.17, 15) is 24.8 Å². The van der Waals surface area contributed by atoms with Crippen molar-refractivity contribution in [3.8, 4) is 0 Å². The Morgan fingerprint density at radius 2 is 1.90 bits per heavy atom. The van der Waals surface area contributed by atoms with Gasteiger partial charge >= 0.3 is 5.97 Å². The van der Waals surface area contributed by atoms with Crippen LogP contribution < -0.4 is 5.32 Å². The van der Waals surface area contributed by atoms with Crippen molar-refractivity contribution in [3.05, 3.63) is 39.4 Å². The molecule has 0 aliphatic heterocycles. The maximum Gasteiger partial charge on any atom is 0.326 e. The lowest BCUT2D eigenvalue weighted by Crippen LogP contribution is -2.49. The Kier molecular flexibility index (Phi) is 4.67. The lowest BCUT2D eigenvalue weighted by Gasteiger charge is -2.27. The molecule has 1 amide bonds. The van der Waals surface area contributed by atoms with E-state index in [2.05, 4.69) is 5.32 Å². The Bertz CT molecular complexity index is 590. The van der Waals surface area contributed by atoms with Gasteiger partial charge in [0.1, 0.15) is 6.04 Å². The fraction of sp³-hybridized carbons (Fsp3) is 0.429. The molecule has 0 spiro atoms. The molecule has 114 valence electrons. The molecule has 2 N–H and O–H groups in total. The molecule has 0 bridgehead atoms. The molecule has 1 rings (SSSR count). The van der Waals surface area contributed by atoms with Crippen molar-refractivity contribution < 1.29 is 19.6 Å². The smallest absolute Gasteiger partial charge is 0.326 e. The molecule has 21 heavy (non-hydrogen) atoms. The molecule has 0 saturated heterocycles. The lowest BCUT2D eigenvalue weighted by molar-refractivity contribution is -0.384. The predicted molar refractivity (Wildman–Crippen MR) is 76.2 cm³/mol. The van der Waals surface area contributed by atoms with E-state index in [0.717, 1.165) is 0 Å². The van der Waals surface area contributed by atoms with Crippen LogP contribution >= 0.6 is 0 Å². The SMILES string of the molecule is Cc1cc([N+](=O)[O-])ccc1C(=O)N[C@@H](C(=O)O)C(C)(C)C. The second kappa shape index (κ2) is 5.90. The Hall–Kier alpha value is -2.44. The summed E-state index contributed by atoms with van der Waals surface area (Å²) in [5.74, 6) is -1.69. The zero-order valence-corrected chi connectivity index (χ0v) is 12.3. The number of aliphatic carboxylic acids is 1. The summed E-state index contributed by atoms with van der Waals surface area (Å²) in [6.07, 6.45) is 0. The van der Waals surface area contributed by atoms with Crippen molar-refractivity contribution >= 4 is 17.6 Å². The topological polar surface area (TPSA) is 110 Å². The van der Waals surface area contributed by atoms with E-state index < -0.39 is 28.3 Å². The first-order chi connectivity index (χ1) is 9.54. The largest absolute Gasteiger partial charge is 0.480 e. The van der Waals surface area contributed by atoms with E-state index in [1.54, 1.807) is 27.7 Å². The van der Waals surface area contributed by atoms with E-state index >= 15 is 0 Å². The van der Waals surface area contributed by atoms with Gasteiger partial charge in [0.05, 0.1) is 4.92 Å². The first kappa shape index (κ1) is 16.6. The van der Waals surface area contributed by atoms with Gasteiger partial charge in [-0.25, -0.2) is 4.79 Å². The Labute approximate surface area is 122 Å². The number of carboxylic acid groups (broad SMARTS) is 1. The van der Waals surface area contributed by atoms with Gasteiger partial charge in [0.15, 0.2) is 0 Å². The van der Waals surface area contributed by atoms with Gasteiger partial charge in [0, 0.05) is 17.7 Å². The van der Waals surface area contributed by atoms with Crippen LogP contribution in [0.3, 0.4) is 0 Å². The summed E-state index contributed by atoms with van der Waals surface area (Å²) in [5.41, 5.74) is -0.138. The van der Waals surface area contributed by atoms with Crippen LogP contribution in [0.15, 0.2) is 18.2 Å². The molecule has 0 radical (unpaired) electrons. The highest BCUT2D eigenvalue weighted by molar-refractivity contribution is 5.98. The Balaban J connectivity index is 3.04. The predicted octanol–water partition coefficient (Wildman–Crippen LogP) is 2.13. The van der Waals surface area contributed by atoms with Crippen LogP contribution in [0.5, 0.6) is 0 Å². The molecule has 1 atom stereocenters. The highest BCUT2D eigenvalue weighted by Crippen LogP contribution is 2.21. The lowest BCUT2D eigenvalue weighted by atomic mass is 9.86. The van der Waals surface area contributed by atoms with Gasteiger partial charge in [0.2, 0.25) is 0 Å². The van der Waals surface area contributed by atoms with Crippen LogP contribution in [0, 0.1) is 22.5 Å². The number of hydrogen-bond acceptors (Lipinski definition) is 4. The second-order valence-corrected chi connectivity index (χ2v) is 5.87. The van der Waals surface area contributed by atoms with Gasteiger partial charge in [-0.15, -0.1) is 0 Å². The van der Waals surface area contributed by atoms with Crippen LogP contribution in [0.1, 0.15) is 36.7 Å². The first-order valence-electron chi connectivity index (χ1n) is 6.32. The minimum Gasteiger partial charge on any atom is -0.480 e. The maximum atomic E-state index is 12.2. The summed E-state index contributed by atoms with van der Waals surface area (Å²) in [4.78, 5) is 33.5. The quantitative estimate of drug-likeness (QED) is 0.653. The van der Waals surface area contributed by atoms with Crippen molar-refractivity contribution in [2.45, 2.75) is 33.7 Å². The van der Waals surface area contributed by atoms with Crippen LogP contribution in [0.4, 0.5) is 5.69 Å².